The Kier molecular flexibility index (Phi) is 2.72. The summed E-state index contributed by atoms with van der Waals surface area (Å²) in [4.78, 5) is 17.8. The minimum atomic E-state index is -0.818. The second-order valence-corrected chi connectivity index (χ2v) is 3.65. The molecule has 2 rings (SSSR count). The van der Waals surface area contributed by atoms with Gasteiger partial charge in [-0.3, -0.25) is 4.79 Å². The monoisotopic (exact) mass is 216 g/mol. The van der Waals surface area contributed by atoms with E-state index in [2.05, 4.69) is 9.97 Å². The number of aromatic nitrogens is 2. The molecule has 0 radical (unpaired) electrons. The first kappa shape index (κ1) is 10.4. The van der Waals surface area contributed by atoms with Crippen LogP contribution in [0.4, 0.5) is 0 Å². The van der Waals surface area contributed by atoms with Crippen molar-refractivity contribution in [1.82, 2.24) is 9.97 Å². The fraction of sp³-hybridized carbons (Fsp3) is 0.167. The zero-order valence-electron chi connectivity index (χ0n) is 8.84. The van der Waals surface area contributed by atoms with Crippen LogP contribution >= 0.6 is 0 Å². The number of imidazole rings is 1. The van der Waals surface area contributed by atoms with Crippen LogP contribution in [-0.2, 0) is 4.79 Å². The third kappa shape index (κ3) is 1.95. The zero-order chi connectivity index (χ0) is 11.5. The van der Waals surface area contributed by atoms with E-state index in [-0.39, 0.29) is 0 Å². The van der Waals surface area contributed by atoms with E-state index in [0.29, 0.717) is 0 Å². The van der Waals surface area contributed by atoms with Crippen LogP contribution in [0.2, 0.25) is 0 Å². The van der Waals surface area contributed by atoms with Gasteiger partial charge in [0.15, 0.2) is 0 Å². The van der Waals surface area contributed by atoms with Crippen molar-refractivity contribution in [3.05, 3.63) is 42.4 Å². The summed E-state index contributed by atoms with van der Waals surface area (Å²) in [5.41, 5.74) is 2.63. The molecular formula is C12H12N2O2. The Labute approximate surface area is 93.0 Å². The van der Waals surface area contributed by atoms with Gasteiger partial charge in [-0.25, -0.2) is 4.98 Å². The van der Waals surface area contributed by atoms with Gasteiger partial charge in [0.1, 0.15) is 0 Å². The minimum absolute atomic E-state index is 0.497. The van der Waals surface area contributed by atoms with E-state index in [9.17, 15) is 4.79 Å². The van der Waals surface area contributed by atoms with Gasteiger partial charge in [-0.2, -0.15) is 0 Å². The summed E-state index contributed by atoms with van der Waals surface area (Å²) in [6.45, 7) is 1.68. The molecule has 1 atom stereocenters. The standard InChI is InChI=1S/C12H12N2O2/c1-8(12(15)16)9-3-2-4-10(5-9)11-6-13-7-14-11/h2-8H,1H3,(H,13,14)(H,15,16). The second kappa shape index (κ2) is 4.18. The molecule has 0 saturated carbocycles. The molecule has 0 saturated heterocycles. The first-order chi connectivity index (χ1) is 7.68. The molecular weight excluding hydrogens is 204 g/mol. The molecule has 82 valence electrons. The van der Waals surface area contributed by atoms with Gasteiger partial charge in [0.2, 0.25) is 0 Å². The van der Waals surface area contributed by atoms with Gasteiger partial charge in [0.25, 0.3) is 0 Å². The normalized spacial score (nSPS) is 12.3. The fourth-order valence-corrected chi connectivity index (χ4v) is 1.53. The third-order valence-electron chi connectivity index (χ3n) is 2.57. The molecule has 4 heteroatoms. The molecule has 0 spiro atoms. The maximum Gasteiger partial charge on any atom is 0.310 e. The fourth-order valence-electron chi connectivity index (χ4n) is 1.53. The van der Waals surface area contributed by atoms with Gasteiger partial charge < -0.3 is 10.1 Å². The Hall–Kier alpha value is -2.10. The minimum Gasteiger partial charge on any atom is -0.481 e. The Balaban J connectivity index is 2.37. The Morgan fingerprint density at radius 3 is 2.94 bits per heavy atom. The number of carboxylic acids is 1. The van der Waals surface area contributed by atoms with E-state index in [4.69, 9.17) is 5.11 Å². The number of nitrogens with one attached hydrogen (secondary N) is 1. The Morgan fingerprint density at radius 1 is 1.50 bits per heavy atom. The molecule has 2 N–H and O–H groups in total. The highest BCUT2D eigenvalue weighted by atomic mass is 16.4. The van der Waals surface area contributed by atoms with Crippen LogP contribution in [0.15, 0.2) is 36.8 Å². The van der Waals surface area contributed by atoms with Crippen molar-refractivity contribution >= 4 is 5.97 Å². The smallest absolute Gasteiger partial charge is 0.310 e. The number of benzene rings is 1. The van der Waals surface area contributed by atoms with E-state index in [1.165, 1.54) is 0 Å². The average Bonchev–Trinajstić information content (AvgIpc) is 2.81. The van der Waals surface area contributed by atoms with Crippen LogP contribution in [0.3, 0.4) is 0 Å². The number of carbonyl (C=O) groups is 1. The van der Waals surface area contributed by atoms with Crippen LogP contribution < -0.4 is 0 Å². The van der Waals surface area contributed by atoms with Gasteiger partial charge in [-0.05, 0) is 24.1 Å². The highest BCUT2D eigenvalue weighted by molar-refractivity contribution is 5.76. The SMILES string of the molecule is CC(C(=O)O)c1cccc(-c2cnc[nH]2)c1. The number of aromatic amines is 1. The van der Waals surface area contributed by atoms with Crippen LogP contribution in [0.25, 0.3) is 11.3 Å². The molecule has 1 aromatic heterocycles. The lowest BCUT2D eigenvalue weighted by atomic mass is 9.98. The molecule has 0 amide bonds. The predicted octanol–water partition coefficient (Wildman–Crippen LogP) is 2.26. The first-order valence-corrected chi connectivity index (χ1v) is 5.00. The molecule has 0 fully saturated rings. The largest absolute Gasteiger partial charge is 0.481 e. The molecule has 1 heterocycles. The van der Waals surface area contributed by atoms with Crippen molar-refractivity contribution in [1.29, 1.82) is 0 Å². The maximum absolute atomic E-state index is 10.9. The highest BCUT2D eigenvalue weighted by Crippen LogP contribution is 2.22. The summed E-state index contributed by atoms with van der Waals surface area (Å²) in [7, 11) is 0. The number of aliphatic carboxylic acids is 1. The molecule has 4 nitrogen and oxygen atoms in total. The van der Waals surface area contributed by atoms with E-state index in [0.717, 1.165) is 16.8 Å². The lowest BCUT2D eigenvalue weighted by Gasteiger charge is -2.07. The molecule has 1 unspecified atom stereocenters. The summed E-state index contributed by atoms with van der Waals surface area (Å²) in [6, 6.07) is 7.46. The topological polar surface area (TPSA) is 66.0 Å². The van der Waals surface area contributed by atoms with Gasteiger partial charge >= 0.3 is 5.97 Å². The van der Waals surface area contributed by atoms with Crippen LogP contribution in [-0.4, -0.2) is 21.0 Å². The van der Waals surface area contributed by atoms with Gasteiger partial charge in [-0.15, -0.1) is 0 Å². The molecule has 0 aliphatic carbocycles. The molecule has 2 aromatic rings. The highest BCUT2D eigenvalue weighted by Gasteiger charge is 2.13. The molecule has 16 heavy (non-hydrogen) atoms. The summed E-state index contributed by atoms with van der Waals surface area (Å²) < 4.78 is 0. The number of H-pyrrole nitrogens is 1. The lowest BCUT2D eigenvalue weighted by molar-refractivity contribution is -0.138. The lowest BCUT2D eigenvalue weighted by Crippen LogP contribution is -2.07. The number of hydrogen-bond acceptors (Lipinski definition) is 2. The molecule has 0 bridgehead atoms. The van der Waals surface area contributed by atoms with Crippen molar-refractivity contribution in [3.63, 3.8) is 0 Å². The number of hydrogen-bond donors (Lipinski definition) is 2. The summed E-state index contributed by atoms with van der Waals surface area (Å²) >= 11 is 0. The van der Waals surface area contributed by atoms with Crippen molar-refractivity contribution in [2.45, 2.75) is 12.8 Å². The number of nitrogens with zero attached hydrogens (tertiary/aromatic N) is 1. The Morgan fingerprint density at radius 2 is 2.31 bits per heavy atom. The molecule has 0 aliphatic rings. The van der Waals surface area contributed by atoms with E-state index >= 15 is 0 Å². The van der Waals surface area contributed by atoms with E-state index in [1.54, 1.807) is 19.4 Å². The number of carboxylic acid groups (broad SMARTS) is 1. The summed E-state index contributed by atoms with van der Waals surface area (Å²) in [6.07, 6.45) is 3.31. The van der Waals surface area contributed by atoms with Crippen LogP contribution in [0.5, 0.6) is 0 Å². The zero-order valence-corrected chi connectivity index (χ0v) is 8.84. The Bertz CT molecular complexity index is 491. The third-order valence-corrected chi connectivity index (χ3v) is 2.57. The molecule has 0 aliphatic heterocycles. The van der Waals surface area contributed by atoms with Crippen molar-refractivity contribution in [2.75, 3.05) is 0 Å². The van der Waals surface area contributed by atoms with Gasteiger partial charge in [0, 0.05) is 0 Å². The predicted molar refractivity (Wildman–Crippen MR) is 60.1 cm³/mol. The van der Waals surface area contributed by atoms with Crippen molar-refractivity contribution < 1.29 is 9.90 Å². The first-order valence-electron chi connectivity index (χ1n) is 5.00. The number of rotatable bonds is 3. The van der Waals surface area contributed by atoms with Crippen molar-refractivity contribution in [3.8, 4) is 11.3 Å². The van der Waals surface area contributed by atoms with E-state index < -0.39 is 11.9 Å². The van der Waals surface area contributed by atoms with Crippen molar-refractivity contribution in [2.24, 2.45) is 0 Å². The maximum atomic E-state index is 10.9. The van der Waals surface area contributed by atoms with Crippen LogP contribution in [0.1, 0.15) is 18.4 Å². The summed E-state index contributed by atoms with van der Waals surface area (Å²) in [5, 5.41) is 8.94. The van der Waals surface area contributed by atoms with Crippen LogP contribution in [0, 0.1) is 0 Å². The van der Waals surface area contributed by atoms with E-state index in [1.807, 2.05) is 24.3 Å². The second-order valence-electron chi connectivity index (χ2n) is 3.65. The molecule has 1 aromatic carbocycles. The average molecular weight is 216 g/mol. The quantitative estimate of drug-likeness (QED) is 0.827. The summed E-state index contributed by atoms with van der Waals surface area (Å²) in [5.74, 6) is -1.32. The van der Waals surface area contributed by atoms with Gasteiger partial charge in [0.05, 0.1) is 24.1 Å². The van der Waals surface area contributed by atoms with Gasteiger partial charge in [-0.1, -0.05) is 18.2 Å².